The van der Waals surface area contributed by atoms with Crippen molar-refractivity contribution >= 4 is 46.7 Å². The Morgan fingerprint density at radius 2 is 2.04 bits per heavy atom. The van der Waals surface area contributed by atoms with E-state index in [0.29, 0.717) is 16.5 Å². The highest BCUT2D eigenvalue weighted by atomic mass is 35.5. The maximum atomic E-state index is 11.9. The number of hydrogen-bond donors (Lipinski definition) is 1. The Bertz CT molecular complexity index is 962. The van der Waals surface area contributed by atoms with Crippen molar-refractivity contribution in [3.63, 3.8) is 0 Å². The fourth-order valence-corrected chi connectivity index (χ4v) is 3.72. The summed E-state index contributed by atoms with van der Waals surface area (Å²) >= 11 is 13.7. The number of hydrogen-bond acceptors (Lipinski definition) is 3. The number of amides is 1. The van der Waals surface area contributed by atoms with E-state index in [-0.39, 0.29) is 5.91 Å². The van der Waals surface area contributed by atoms with Crippen LogP contribution in [-0.2, 0) is 11.2 Å². The lowest BCUT2D eigenvalue weighted by atomic mass is 10.2. The van der Waals surface area contributed by atoms with Crippen molar-refractivity contribution in [2.24, 2.45) is 5.10 Å². The quantitative estimate of drug-likeness (QED) is 0.462. The van der Waals surface area contributed by atoms with E-state index in [1.165, 1.54) is 0 Å². The predicted molar refractivity (Wildman–Crippen MR) is 109 cm³/mol. The first-order valence-corrected chi connectivity index (χ1v) is 9.58. The van der Waals surface area contributed by atoms with Gasteiger partial charge in [-0.15, -0.1) is 11.3 Å². The van der Waals surface area contributed by atoms with E-state index >= 15 is 0 Å². The molecule has 0 saturated heterocycles. The minimum absolute atomic E-state index is 0.137. The van der Waals surface area contributed by atoms with Gasteiger partial charge in [0.05, 0.1) is 22.7 Å². The zero-order chi connectivity index (χ0) is 18.7. The smallest absolute Gasteiger partial charge is 0.245 e. The first-order valence-electron chi connectivity index (χ1n) is 7.94. The molecule has 2 aromatic heterocycles. The number of nitrogens with zero attached hydrogens (tertiary/aromatic N) is 2. The maximum Gasteiger partial charge on any atom is 0.245 e. The van der Waals surface area contributed by atoms with Crippen LogP contribution in [0.15, 0.2) is 46.9 Å². The minimum atomic E-state index is -0.137. The summed E-state index contributed by atoms with van der Waals surface area (Å²) in [5, 5.41) is 7.06. The first-order chi connectivity index (χ1) is 12.5. The topological polar surface area (TPSA) is 46.4 Å². The summed E-state index contributed by atoms with van der Waals surface area (Å²) in [7, 11) is 0. The SMILES string of the molecule is Cc1cc(/C=N\NC(=O)Cc2cccs2)c(C)n1-c1ccc(Cl)c(Cl)c1. The molecule has 1 amide bonds. The zero-order valence-electron chi connectivity index (χ0n) is 14.3. The Balaban J connectivity index is 1.75. The van der Waals surface area contributed by atoms with E-state index in [0.717, 1.165) is 27.5 Å². The molecule has 0 bridgehead atoms. The number of carbonyl (C=O) groups is 1. The molecule has 0 aliphatic rings. The molecule has 0 radical (unpaired) electrons. The van der Waals surface area contributed by atoms with Gasteiger partial charge in [0.15, 0.2) is 0 Å². The second-order valence-electron chi connectivity index (χ2n) is 5.81. The lowest BCUT2D eigenvalue weighted by molar-refractivity contribution is -0.120. The van der Waals surface area contributed by atoms with E-state index in [4.69, 9.17) is 23.2 Å². The van der Waals surface area contributed by atoms with Gasteiger partial charge in [0.1, 0.15) is 0 Å². The van der Waals surface area contributed by atoms with Crippen LogP contribution in [0.25, 0.3) is 5.69 Å². The molecule has 7 heteroatoms. The third-order valence-electron chi connectivity index (χ3n) is 3.94. The molecular weight excluding hydrogens is 389 g/mol. The fraction of sp³-hybridized carbons (Fsp3) is 0.158. The van der Waals surface area contributed by atoms with Gasteiger partial charge in [-0.05, 0) is 49.6 Å². The number of rotatable bonds is 5. The van der Waals surface area contributed by atoms with Crippen LogP contribution in [-0.4, -0.2) is 16.7 Å². The molecule has 134 valence electrons. The van der Waals surface area contributed by atoms with Gasteiger partial charge in [-0.2, -0.15) is 5.10 Å². The minimum Gasteiger partial charge on any atom is -0.318 e. The van der Waals surface area contributed by atoms with Gasteiger partial charge in [0.2, 0.25) is 5.91 Å². The third-order valence-corrected chi connectivity index (χ3v) is 5.55. The lowest BCUT2D eigenvalue weighted by Gasteiger charge is -2.10. The second kappa shape index (κ2) is 8.08. The fourth-order valence-electron chi connectivity index (χ4n) is 2.72. The zero-order valence-corrected chi connectivity index (χ0v) is 16.6. The Kier molecular flexibility index (Phi) is 5.81. The van der Waals surface area contributed by atoms with Crippen molar-refractivity contribution in [1.29, 1.82) is 0 Å². The van der Waals surface area contributed by atoms with Crippen molar-refractivity contribution in [3.05, 3.63) is 73.7 Å². The highest BCUT2D eigenvalue weighted by Crippen LogP contribution is 2.27. The summed E-state index contributed by atoms with van der Waals surface area (Å²) in [5.74, 6) is -0.137. The number of benzene rings is 1. The van der Waals surface area contributed by atoms with E-state index in [1.807, 2.05) is 49.6 Å². The number of carbonyl (C=O) groups excluding carboxylic acids is 1. The molecule has 0 atom stereocenters. The molecule has 0 aliphatic carbocycles. The van der Waals surface area contributed by atoms with Gasteiger partial charge in [-0.3, -0.25) is 4.79 Å². The largest absolute Gasteiger partial charge is 0.318 e. The van der Waals surface area contributed by atoms with Crippen molar-refractivity contribution < 1.29 is 4.79 Å². The molecule has 3 rings (SSSR count). The van der Waals surface area contributed by atoms with Crippen molar-refractivity contribution in [2.75, 3.05) is 0 Å². The van der Waals surface area contributed by atoms with E-state index < -0.39 is 0 Å². The Morgan fingerprint density at radius 3 is 2.73 bits per heavy atom. The second-order valence-corrected chi connectivity index (χ2v) is 7.66. The predicted octanol–water partition coefficient (Wildman–Crippen LogP) is 5.16. The molecule has 1 N–H and O–H groups in total. The molecule has 26 heavy (non-hydrogen) atoms. The number of hydrazone groups is 1. The van der Waals surface area contributed by atoms with Gasteiger partial charge in [0, 0.05) is 27.5 Å². The number of halogens is 2. The number of aromatic nitrogens is 1. The summed E-state index contributed by atoms with van der Waals surface area (Å²) in [6.07, 6.45) is 1.99. The van der Waals surface area contributed by atoms with Gasteiger partial charge >= 0.3 is 0 Å². The van der Waals surface area contributed by atoms with E-state index in [9.17, 15) is 4.79 Å². The summed E-state index contributed by atoms with van der Waals surface area (Å²) < 4.78 is 2.07. The summed E-state index contributed by atoms with van der Waals surface area (Å²) in [5.41, 5.74) is 6.45. The summed E-state index contributed by atoms with van der Waals surface area (Å²) in [6, 6.07) is 11.4. The average molecular weight is 406 g/mol. The number of thiophene rings is 1. The average Bonchev–Trinajstić information content (AvgIpc) is 3.19. The summed E-state index contributed by atoms with van der Waals surface area (Å²) in [6.45, 7) is 3.99. The Labute approximate surface area is 166 Å². The maximum absolute atomic E-state index is 11.9. The normalized spacial score (nSPS) is 11.2. The third kappa shape index (κ3) is 4.18. The first kappa shape index (κ1) is 18.7. The van der Waals surface area contributed by atoms with Gasteiger partial charge in [-0.1, -0.05) is 29.3 Å². The summed E-state index contributed by atoms with van der Waals surface area (Å²) in [4.78, 5) is 12.9. The van der Waals surface area contributed by atoms with Crippen LogP contribution in [0.3, 0.4) is 0 Å². The van der Waals surface area contributed by atoms with Crippen LogP contribution < -0.4 is 5.43 Å². The van der Waals surface area contributed by atoms with Crippen molar-refractivity contribution in [2.45, 2.75) is 20.3 Å². The Morgan fingerprint density at radius 1 is 1.23 bits per heavy atom. The molecule has 1 aromatic carbocycles. The molecule has 0 fully saturated rings. The van der Waals surface area contributed by atoms with Crippen LogP contribution in [0.4, 0.5) is 0 Å². The van der Waals surface area contributed by atoms with Crippen LogP contribution in [0.1, 0.15) is 21.8 Å². The molecule has 3 aromatic rings. The van der Waals surface area contributed by atoms with Crippen LogP contribution in [0.5, 0.6) is 0 Å². The molecule has 0 unspecified atom stereocenters. The van der Waals surface area contributed by atoms with Gasteiger partial charge in [-0.25, -0.2) is 5.43 Å². The molecule has 2 heterocycles. The highest BCUT2D eigenvalue weighted by Gasteiger charge is 2.11. The van der Waals surface area contributed by atoms with Crippen molar-refractivity contribution in [3.8, 4) is 5.69 Å². The number of nitrogens with one attached hydrogen (secondary N) is 1. The van der Waals surface area contributed by atoms with Crippen LogP contribution in [0.2, 0.25) is 10.0 Å². The molecule has 0 spiro atoms. The standard InChI is InChI=1S/C19H17Cl2N3OS/c1-12-8-14(11-22-23-19(25)10-16-4-3-7-26-16)13(2)24(12)15-5-6-17(20)18(21)9-15/h3-9,11H,10H2,1-2H3,(H,23,25)/b22-11-. The van der Waals surface area contributed by atoms with E-state index in [1.54, 1.807) is 23.6 Å². The molecule has 4 nitrogen and oxygen atoms in total. The van der Waals surface area contributed by atoms with E-state index in [2.05, 4.69) is 15.1 Å². The monoisotopic (exact) mass is 405 g/mol. The van der Waals surface area contributed by atoms with Crippen LogP contribution >= 0.6 is 34.5 Å². The van der Waals surface area contributed by atoms with Crippen LogP contribution in [0, 0.1) is 13.8 Å². The number of aryl methyl sites for hydroxylation is 1. The van der Waals surface area contributed by atoms with Crippen molar-refractivity contribution in [1.82, 2.24) is 9.99 Å². The highest BCUT2D eigenvalue weighted by molar-refractivity contribution is 7.10. The molecule has 0 aliphatic heterocycles. The molecule has 0 saturated carbocycles. The lowest BCUT2D eigenvalue weighted by Crippen LogP contribution is -2.19. The molecular formula is C19H17Cl2N3OS. The van der Waals surface area contributed by atoms with Gasteiger partial charge < -0.3 is 4.57 Å². The Hall–Kier alpha value is -2.08. The van der Waals surface area contributed by atoms with Gasteiger partial charge in [0.25, 0.3) is 0 Å².